The molecule has 0 bridgehead atoms. The summed E-state index contributed by atoms with van der Waals surface area (Å²) in [5.41, 5.74) is 6.44. The molecule has 0 atom stereocenters. The number of hydrogen-bond donors (Lipinski definition) is 1. The number of aromatic nitrogens is 2. The first-order valence-corrected chi connectivity index (χ1v) is 11.8. The van der Waals surface area contributed by atoms with E-state index in [-0.39, 0.29) is 34.2 Å². The van der Waals surface area contributed by atoms with E-state index >= 15 is 4.39 Å². The van der Waals surface area contributed by atoms with Crippen LogP contribution >= 0.6 is 0 Å². The van der Waals surface area contributed by atoms with Crippen molar-refractivity contribution in [1.82, 2.24) is 9.55 Å². The van der Waals surface area contributed by atoms with Crippen LogP contribution in [0.2, 0.25) is 0 Å². The Kier molecular flexibility index (Phi) is 6.96. The average molecular weight is 487 g/mol. The van der Waals surface area contributed by atoms with E-state index in [0.717, 1.165) is 12.8 Å². The number of rotatable bonds is 5. The molecule has 0 aliphatic carbocycles. The van der Waals surface area contributed by atoms with Gasteiger partial charge in [0, 0.05) is 37.0 Å². The average Bonchev–Trinajstić information content (AvgIpc) is 2.82. The Hall–Kier alpha value is -3.58. The zero-order chi connectivity index (χ0) is 26.2. The standard InChI is InChI=1S/C24H26B3F2N5O2/c1-33-22(35)20(13-4-5-19(18(29)10-13)36-24(25,26)27)21(14-2-3-15(12-30)17(28)11-14)32-23(33)34-8-6-16(31)7-9-34/h2-5,10-11,16H,6-9,25-27,31H2,1H3. The van der Waals surface area contributed by atoms with Crippen LogP contribution in [0, 0.1) is 23.0 Å². The molecule has 0 amide bonds. The first kappa shape index (κ1) is 25.5. The summed E-state index contributed by atoms with van der Waals surface area (Å²) in [4.78, 5) is 20.4. The molecule has 3 aromatic rings. The van der Waals surface area contributed by atoms with E-state index in [0.29, 0.717) is 24.6 Å². The number of nitrogens with zero attached hydrogens (tertiary/aromatic N) is 4. The molecular weight excluding hydrogens is 461 g/mol. The molecule has 1 saturated heterocycles. The van der Waals surface area contributed by atoms with Crippen LogP contribution in [0.4, 0.5) is 14.7 Å². The third kappa shape index (κ3) is 5.16. The van der Waals surface area contributed by atoms with E-state index in [9.17, 15) is 9.18 Å². The van der Waals surface area contributed by atoms with Crippen LogP contribution < -0.4 is 20.9 Å². The minimum Gasteiger partial charge on any atom is -0.511 e. The fourth-order valence-corrected chi connectivity index (χ4v) is 4.26. The van der Waals surface area contributed by atoms with Crippen LogP contribution in [0.5, 0.6) is 5.75 Å². The van der Waals surface area contributed by atoms with Gasteiger partial charge in [-0.3, -0.25) is 9.36 Å². The highest BCUT2D eigenvalue weighted by molar-refractivity contribution is 6.58. The predicted octanol–water partition coefficient (Wildman–Crippen LogP) is 0.0811. The normalized spacial score (nSPS) is 14.5. The van der Waals surface area contributed by atoms with Crippen molar-refractivity contribution in [2.24, 2.45) is 12.8 Å². The molecule has 1 aromatic heterocycles. The summed E-state index contributed by atoms with van der Waals surface area (Å²) in [5, 5.41) is 8.53. The van der Waals surface area contributed by atoms with Gasteiger partial charge in [-0.2, -0.15) is 5.26 Å². The second-order valence-electron chi connectivity index (χ2n) is 9.99. The van der Waals surface area contributed by atoms with Gasteiger partial charge in [-0.1, -0.05) is 12.1 Å². The molecule has 182 valence electrons. The van der Waals surface area contributed by atoms with Crippen molar-refractivity contribution in [1.29, 1.82) is 5.26 Å². The lowest BCUT2D eigenvalue weighted by atomic mass is 9.52. The maximum absolute atomic E-state index is 15.0. The number of ether oxygens (including phenoxy) is 1. The van der Waals surface area contributed by atoms with Gasteiger partial charge in [-0.15, -0.1) is 0 Å². The summed E-state index contributed by atoms with van der Waals surface area (Å²) in [6.45, 7) is 1.24. The number of anilines is 1. The van der Waals surface area contributed by atoms with Crippen molar-refractivity contribution >= 4 is 29.5 Å². The molecule has 2 aromatic carbocycles. The SMILES string of the molecule is BC(B)(B)Oc1ccc(-c2c(-c3ccc(C#N)c(F)c3)nc(N3CCC(N)CC3)n(C)c2=O)cc1F. The Morgan fingerprint density at radius 3 is 2.33 bits per heavy atom. The third-order valence-corrected chi connectivity index (χ3v) is 6.09. The zero-order valence-corrected chi connectivity index (χ0v) is 20.8. The predicted molar refractivity (Wildman–Crippen MR) is 143 cm³/mol. The van der Waals surface area contributed by atoms with Gasteiger partial charge in [0.2, 0.25) is 5.95 Å². The van der Waals surface area contributed by atoms with E-state index in [1.165, 1.54) is 34.9 Å². The van der Waals surface area contributed by atoms with Gasteiger partial charge in [0.15, 0.2) is 11.6 Å². The minimum atomic E-state index is -0.728. The summed E-state index contributed by atoms with van der Waals surface area (Å²) in [7, 11) is 7.04. The minimum absolute atomic E-state index is 0.0586. The maximum atomic E-state index is 15.0. The van der Waals surface area contributed by atoms with Crippen molar-refractivity contribution in [3.8, 4) is 34.2 Å². The maximum Gasteiger partial charge on any atom is 0.263 e. The summed E-state index contributed by atoms with van der Waals surface area (Å²) in [6, 6.07) is 10.2. The third-order valence-electron chi connectivity index (χ3n) is 6.09. The summed E-state index contributed by atoms with van der Waals surface area (Å²) < 4.78 is 36.7. The molecule has 12 heteroatoms. The lowest BCUT2D eigenvalue weighted by Gasteiger charge is -2.32. The Balaban J connectivity index is 1.92. The van der Waals surface area contributed by atoms with Gasteiger partial charge in [0.05, 0.1) is 16.8 Å². The molecule has 4 rings (SSSR count). The van der Waals surface area contributed by atoms with E-state index in [4.69, 9.17) is 20.7 Å². The van der Waals surface area contributed by atoms with Gasteiger partial charge < -0.3 is 15.4 Å². The Morgan fingerprint density at radius 1 is 1.11 bits per heavy atom. The summed E-state index contributed by atoms with van der Waals surface area (Å²) in [6.07, 6.45) is 1.50. The van der Waals surface area contributed by atoms with Crippen LogP contribution in [0.3, 0.4) is 0 Å². The van der Waals surface area contributed by atoms with Gasteiger partial charge in [-0.25, -0.2) is 13.8 Å². The molecule has 2 N–H and O–H groups in total. The first-order valence-electron chi connectivity index (χ1n) is 11.8. The number of nitrogens with two attached hydrogens (primary N) is 1. The van der Waals surface area contributed by atoms with Crippen molar-refractivity contribution in [2.75, 3.05) is 18.0 Å². The first-order chi connectivity index (χ1) is 17.0. The molecule has 1 fully saturated rings. The largest absolute Gasteiger partial charge is 0.511 e. The van der Waals surface area contributed by atoms with Gasteiger partial charge in [0.25, 0.3) is 5.56 Å². The van der Waals surface area contributed by atoms with Crippen molar-refractivity contribution in [2.45, 2.75) is 24.2 Å². The smallest absolute Gasteiger partial charge is 0.263 e. The second kappa shape index (κ2) is 9.82. The van der Waals surface area contributed by atoms with E-state index in [1.807, 2.05) is 28.4 Å². The quantitative estimate of drug-likeness (QED) is 0.513. The van der Waals surface area contributed by atoms with Crippen molar-refractivity contribution in [3.05, 3.63) is 63.9 Å². The highest BCUT2D eigenvalue weighted by Crippen LogP contribution is 2.33. The fourth-order valence-electron chi connectivity index (χ4n) is 4.26. The Bertz CT molecular complexity index is 1410. The van der Waals surface area contributed by atoms with Gasteiger partial charge in [-0.05, 0) is 42.7 Å². The van der Waals surface area contributed by atoms with Crippen LogP contribution in [-0.4, -0.2) is 57.5 Å². The van der Waals surface area contributed by atoms with Crippen LogP contribution in [0.15, 0.2) is 41.2 Å². The molecule has 36 heavy (non-hydrogen) atoms. The number of piperidine rings is 1. The summed E-state index contributed by atoms with van der Waals surface area (Å²) in [5.74, 6) is -0.878. The lowest BCUT2D eigenvalue weighted by molar-refractivity contribution is 0.301. The van der Waals surface area contributed by atoms with E-state index in [2.05, 4.69) is 0 Å². The number of benzene rings is 2. The molecule has 7 nitrogen and oxygen atoms in total. The Morgan fingerprint density at radius 2 is 1.75 bits per heavy atom. The molecule has 0 saturated carbocycles. The topological polar surface area (TPSA) is 97.2 Å². The zero-order valence-electron chi connectivity index (χ0n) is 20.8. The highest BCUT2D eigenvalue weighted by Gasteiger charge is 2.25. The number of nitriles is 1. The van der Waals surface area contributed by atoms with E-state index < -0.39 is 22.5 Å². The second-order valence-corrected chi connectivity index (χ2v) is 9.99. The fraction of sp³-hybridized carbons (Fsp3) is 0.292. The number of halogens is 2. The molecule has 1 aliphatic rings. The highest BCUT2D eigenvalue weighted by atomic mass is 19.1. The van der Waals surface area contributed by atoms with Gasteiger partial charge in [0.1, 0.15) is 35.4 Å². The Labute approximate surface area is 211 Å². The van der Waals surface area contributed by atoms with Crippen LogP contribution in [0.1, 0.15) is 18.4 Å². The van der Waals surface area contributed by atoms with Gasteiger partial charge >= 0.3 is 0 Å². The van der Waals surface area contributed by atoms with Crippen LogP contribution in [-0.2, 0) is 7.05 Å². The molecule has 0 unspecified atom stereocenters. The molecule has 2 heterocycles. The molecular formula is C24H26B3F2N5O2. The monoisotopic (exact) mass is 487 g/mol. The van der Waals surface area contributed by atoms with Crippen molar-refractivity contribution in [3.63, 3.8) is 0 Å². The summed E-state index contributed by atoms with van der Waals surface area (Å²) >= 11 is 0. The molecule has 0 radical (unpaired) electrons. The lowest BCUT2D eigenvalue weighted by Crippen LogP contribution is -2.42. The van der Waals surface area contributed by atoms with Crippen molar-refractivity contribution < 1.29 is 13.5 Å². The molecule has 0 spiro atoms. The molecule has 1 aliphatic heterocycles. The van der Waals surface area contributed by atoms with Crippen LogP contribution in [0.25, 0.3) is 22.4 Å². The van der Waals surface area contributed by atoms with E-state index in [1.54, 1.807) is 19.2 Å². The number of hydrogen-bond acceptors (Lipinski definition) is 6.